The van der Waals surface area contributed by atoms with Crippen molar-refractivity contribution >= 4 is 10.0 Å². The predicted molar refractivity (Wildman–Crippen MR) is 75.3 cm³/mol. The van der Waals surface area contributed by atoms with Gasteiger partial charge in [-0.15, -0.1) is 0 Å². The summed E-state index contributed by atoms with van der Waals surface area (Å²) < 4.78 is 39.8. The van der Waals surface area contributed by atoms with Crippen molar-refractivity contribution in [1.82, 2.24) is 13.9 Å². The summed E-state index contributed by atoms with van der Waals surface area (Å²) in [5, 5.41) is 0.131. The van der Waals surface area contributed by atoms with Crippen LogP contribution in [0.1, 0.15) is 25.6 Å². The van der Waals surface area contributed by atoms with Gasteiger partial charge < -0.3 is 14.0 Å². The second-order valence-electron chi connectivity index (χ2n) is 5.42. The number of sulfonamides is 1. The summed E-state index contributed by atoms with van der Waals surface area (Å²) in [6, 6.07) is 0. The van der Waals surface area contributed by atoms with Crippen LogP contribution >= 0.6 is 0 Å². The second kappa shape index (κ2) is 5.35. The van der Waals surface area contributed by atoms with Gasteiger partial charge in [0.1, 0.15) is 5.82 Å². The number of aryl methyl sites for hydroxylation is 2. The van der Waals surface area contributed by atoms with Crippen LogP contribution < -0.4 is 0 Å². The zero-order valence-electron chi connectivity index (χ0n) is 12.4. The molecule has 0 amide bonds. The quantitative estimate of drug-likeness (QED) is 0.822. The predicted octanol–water partition coefficient (Wildman–Crippen LogP) is 0.739. The van der Waals surface area contributed by atoms with Gasteiger partial charge in [-0.05, 0) is 13.8 Å². The fourth-order valence-corrected chi connectivity index (χ4v) is 4.34. The van der Waals surface area contributed by atoms with Crippen LogP contribution in [0.2, 0.25) is 0 Å². The van der Waals surface area contributed by atoms with Crippen LogP contribution in [0.15, 0.2) is 11.2 Å². The molecule has 7 nitrogen and oxygen atoms in total. The van der Waals surface area contributed by atoms with Crippen molar-refractivity contribution in [2.45, 2.75) is 44.0 Å². The molecule has 0 unspecified atom stereocenters. The molecule has 3 heterocycles. The first-order valence-corrected chi connectivity index (χ1v) is 8.73. The Morgan fingerprint density at radius 1 is 1.29 bits per heavy atom. The lowest BCUT2D eigenvalue weighted by molar-refractivity contribution is -0.179. The minimum Gasteiger partial charge on any atom is -0.347 e. The van der Waals surface area contributed by atoms with E-state index in [0.29, 0.717) is 51.5 Å². The van der Waals surface area contributed by atoms with Crippen molar-refractivity contribution in [1.29, 1.82) is 0 Å². The number of rotatable bonds is 3. The maximum absolute atomic E-state index is 12.6. The number of aromatic nitrogens is 2. The first-order chi connectivity index (χ1) is 9.97. The summed E-state index contributed by atoms with van der Waals surface area (Å²) in [7, 11) is -3.53. The Hall–Kier alpha value is -0.960. The minimum absolute atomic E-state index is 0.131. The van der Waals surface area contributed by atoms with Gasteiger partial charge in [-0.3, -0.25) is 0 Å². The standard InChI is InChI=1S/C13H21N3O4S/c1-3-15-10-12(14-11(15)2)21(17,18)16-6-4-13(5-7-16)19-8-9-20-13/h10H,3-9H2,1-2H3. The van der Waals surface area contributed by atoms with E-state index in [0.717, 1.165) is 0 Å². The highest BCUT2D eigenvalue weighted by Gasteiger charge is 2.43. The van der Waals surface area contributed by atoms with Crippen LogP contribution in [-0.2, 0) is 26.0 Å². The van der Waals surface area contributed by atoms with Crippen molar-refractivity contribution < 1.29 is 17.9 Å². The number of ether oxygens (including phenoxy) is 2. The van der Waals surface area contributed by atoms with Crippen LogP contribution in [0.5, 0.6) is 0 Å². The van der Waals surface area contributed by atoms with Crippen molar-refractivity contribution in [3.05, 3.63) is 12.0 Å². The first-order valence-electron chi connectivity index (χ1n) is 7.29. The van der Waals surface area contributed by atoms with E-state index in [-0.39, 0.29) is 5.03 Å². The largest absolute Gasteiger partial charge is 0.347 e. The van der Waals surface area contributed by atoms with Gasteiger partial charge in [0.15, 0.2) is 10.8 Å². The van der Waals surface area contributed by atoms with E-state index in [1.54, 1.807) is 6.20 Å². The second-order valence-corrected chi connectivity index (χ2v) is 7.31. The average molecular weight is 315 g/mol. The van der Waals surface area contributed by atoms with Crippen LogP contribution in [0, 0.1) is 6.92 Å². The molecular weight excluding hydrogens is 294 g/mol. The zero-order valence-corrected chi connectivity index (χ0v) is 13.2. The molecule has 2 aliphatic heterocycles. The third-order valence-corrected chi connectivity index (χ3v) is 5.97. The Morgan fingerprint density at radius 2 is 1.90 bits per heavy atom. The summed E-state index contributed by atoms with van der Waals surface area (Å²) >= 11 is 0. The highest BCUT2D eigenvalue weighted by Crippen LogP contribution is 2.33. The SMILES string of the molecule is CCn1cc(S(=O)(=O)N2CCC3(CC2)OCCO3)nc1C. The van der Waals surface area contributed by atoms with E-state index in [1.807, 2.05) is 18.4 Å². The smallest absolute Gasteiger partial charge is 0.262 e. The molecule has 1 spiro atoms. The van der Waals surface area contributed by atoms with Gasteiger partial charge in [0.05, 0.1) is 13.2 Å². The lowest BCUT2D eigenvalue weighted by Gasteiger charge is -2.36. The van der Waals surface area contributed by atoms with E-state index in [1.165, 1.54) is 4.31 Å². The van der Waals surface area contributed by atoms with Gasteiger partial charge in [0.2, 0.25) is 0 Å². The van der Waals surface area contributed by atoms with E-state index < -0.39 is 15.8 Å². The Labute approximate surface area is 124 Å². The van der Waals surface area contributed by atoms with Gasteiger partial charge in [0.25, 0.3) is 10.0 Å². The van der Waals surface area contributed by atoms with Crippen LogP contribution in [0.3, 0.4) is 0 Å². The molecule has 0 atom stereocenters. The third-order valence-electron chi connectivity index (χ3n) is 4.20. The summed E-state index contributed by atoms with van der Waals surface area (Å²) in [5.41, 5.74) is 0. The molecule has 0 bridgehead atoms. The van der Waals surface area contributed by atoms with Gasteiger partial charge in [-0.2, -0.15) is 4.31 Å². The normalized spacial score (nSPS) is 23.0. The molecule has 0 saturated carbocycles. The number of piperidine rings is 1. The van der Waals surface area contributed by atoms with E-state index >= 15 is 0 Å². The van der Waals surface area contributed by atoms with Crippen molar-refractivity contribution in [2.24, 2.45) is 0 Å². The molecule has 8 heteroatoms. The van der Waals surface area contributed by atoms with Crippen LogP contribution in [0.4, 0.5) is 0 Å². The van der Waals surface area contributed by atoms with Crippen LogP contribution in [-0.4, -0.2) is 54.4 Å². The third kappa shape index (κ3) is 2.61. The van der Waals surface area contributed by atoms with Crippen molar-refractivity contribution in [3.63, 3.8) is 0 Å². The van der Waals surface area contributed by atoms with Gasteiger partial charge in [-0.25, -0.2) is 13.4 Å². The fraction of sp³-hybridized carbons (Fsp3) is 0.769. The van der Waals surface area contributed by atoms with Gasteiger partial charge >= 0.3 is 0 Å². The van der Waals surface area contributed by atoms with E-state index in [4.69, 9.17) is 9.47 Å². The van der Waals surface area contributed by atoms with Crippen molar-refractivity contribution in [2.75, 3.05) is 26.3 Å². The Morgan fingerprint density at radius 3 is 2.43 bits per heavy atom. The minimum atomic E-state index is -3.53. The Kier molecular flexibility index (Phi) is 3.81. The molecule has 2 fully saturated rings. The van der Waals surface area contributed by atoms with Gasteiger partial charge in [0, 0.05) is 38.7 Å². The topological polar surface area (TPSA) is 73.7 Å². The molecule has 1 aromatic rings. The first kappa shape index (κ1) is 15.0. The summed E-state index contributed by atoms with van der Waals surface area (Å²) in [6.45, 7) is 6.47. The number of hydrogen-bond acceptors (Lipinski definition) is 5. The summed E-state index contributed by atoms with van der Waals surface area (Å²) in [6.07, 6.45) is 2.75. The Bertz CT molecular complexity index is 609. The molecular formula is C13H21N3O4S. The molecule has 21 heavy (non-hydrogen) atoms. The monoisotopic (exact) mass is 315 g/mol. The molecule has 0 aliphatic carbocycles. The van der Waals surface area contributed by atoms with Crippen LogP contribution in [0.25, 0.3) is 0 Å². The zero-order chi connectivity index (χ0) is 15.1. The lowest BCUT2D eigenvalue weighted by atomic mass is 10.1. The molecule has 0 radical (unpaired) electrons. The molecule has 2 aliphatic rings. The summed E-state index contributed by atoms with van der Waals surface area (Å²) in [5.74, 6) is 0.150. The maximum atomic E-state index is 12.6. The van der Waals surface area contributed by atoms with E-state index in [2.05, 4.69) is 4.98 Å². The highest BCUT2D eigenvalue weighted by atomic mass is 32.2. The number of imidazole rings is 1. The van der Waals surface area contributed by atoms with Gasteiger partial charge in [-0.1, -0.05) is 0 Å². The maximum Gasteiger partial charge on any atom is 0.262 e. The molecule has 1 aromatic heterocycles. The van der Waals surface area contributed by atoms with E-state index in [9.17, 15) is 8.42 Å². The lowest BCUT2D eigenvalue weighted by Crippen LogP contribution is -2.47. The molecule has 3 rings (SSSR count). The fourth-order valence-electron chi connectivity index (χ4n) is 2.91. The Balaban J connectivity index is 1.76. The summed E-state index contributed by atoms with van der Waals surface area (Å²) in [4.78, 5) is 4.19. The van der Waals surface area contributed by atoms with Crippen molar-refractivity contribution in [3.8, 4) is 0 Å². The number of hydrogen-bond donors (Lipinski definition) is 0. The molecule has 0 aromatic carbocycles. The average Bonchev–Trinajstić information content (AvgIpc) is 3.07. The highest BCUT2D eigenvalue weighted by molar-refractivity contribution is 7.89. The molecule has 118 valence electrons. The number of nitrogens with zero attached hydrogens (tertiary/aromatic N) is 3. The molecule has 2 saturated heterocycles. The molecule has 0 N–H and O–H groups in total.